The number of unbranched alkanes of at least 4 members (excludes halogenated alkanes) is 1. The van der Waals surface area contributed by atoms with E-state index in [1.807, 2.05) is 54.3 Å². The Bertz CT molecular complexity index is 1520. The van der Waals surface area contributed by atoms with Gasteiger partial charge in [-0.05, 0) is 59.4 Å². The van der Waals surface area contributed by atoms with Gasteiger partial charge < -0.3 is 4.90 Å². The third-order valence-electron chi connectivity index (χ3n) is 7.21. The highest BCUT2D eigenvalue weighted by atomic mass is 32.2. The summed E-state index contributed by atoms with van der Waals surface area (Å²) in [5, 5.41) is 3.63. The molecule has 7 heteroatoms. The highest BCUT2D eigenvalue weighted by Gasteiger charge is 2.36. The third kappa shape index (κ3) is 4.96. The Labute approximate surface area is 223 Å². The molecular formula is C30H32N2O3S2. The average molecular weight is 533 g/mol. The van der Waals surface area contributed by atoms with E-state index in [0.717, 1.165) is 34.9 Å². The van der Waals surface area contributed by atoms with E-state index in [1.165, 1.54) is 9.18 Å². The van der Waals surface area contributed by atoms with E-state index in [4.69, 9.17) is 0 Å². The number of carbonyl (C=O) groups excluding carboxylic acids is 1. The van der Waals surface area contributed by atoms with Gasteiger partial charge in [0.05, 0.1) is 17.5 Å². The molecule has 1 aliphatic heterocycles. The van der Waals surface area contributed by atoms with E-state index >= 15 is 0 Å². The van der Waals surface area contributed by atoms with Crippen molar-refractivity contribution in [3.05, 3.63) is 99.7 Å². The summed E-state index contributed by atoms with van der Waals surface area (Å²) in [4.78, 5) is 17.4. The molecule has 0 saturated carbocycles. The monoisotopic (exact) mass is 532 g/mol. The van der Waals surface area contributed by atoms with Crippen molar-refractivity contribution in [2.75, 3.05) is 19.6 Å². The number of amides is 1. The summed E-state index contributed by atoms with van der Waals surface area (Å²) in [6, 6.07) is 22.9. The average Bonchev–Trinajstić information content (AvgIpc) is 3.39. The third-order valence-corrected chi connectivity index (χ3v) is 10.1. The zero-order valence-corrected chi connectivity index (χ0v) is 22.9. The largest absolute Gasteiger partial charge is 0.330 e. The second-order valence-corrected chi connectivity index (χ2v) is 12.5. The summed E-state index contributed by atoms with van der Waals surface area (Å²) in [6.07, 6.45) is 2.31. The second-order valence-electron chi connectivity index (χ2n) is 9.56. The Morgan fingerprint density at radius 3 is 2.57 bits per heavy atom. The fraction of sp³-hybridized carbons (Fsp3) is 0.300. The lowest BCUT2D eigenvalue weighted by atomic mass is 9.90. The summed E-state index contributed by atoms with van der Waals surface area (Å²) in [6.45, 7) is 4.80. The maximum absolute atomic E-state index is 14.0. The summed E-state index contributed by atoms with van der Waals surface area (Å²) in [7, 11) is -3.89. The van der Waals surface area contributed by atoms with Crippen molar-refractivity contribution < 1.29 is 13.2 Å². The van der Waals surface area contributed by atoms with Crippen molar-refractivity contribution in [1.29, 1.82) is 0 Å². The molecule has 0 radical (unpaired) electrons. The second kappa shape index (κ2) is 10.8. The number of carbonyl (C=O) groups is 1. The van der Waals surface area contributed by atoms with Crippen LogP contribution in [0.3, 0.4) is 0 Å². The van der Waals surface area contributed by atoms with E-state index in [-0.39, 0.29) is 23.4 Å². The van der Waals surface area contributed by atoms with Crippen LogP contribution in [0.2, 0.25) is 0 Å². The molecule has 2 heterocycles. The molecule has 0 N–H and O–H groups in total. The quantitative estimate of drug-likeness (QED) is 0.273. The van der Waals surface area contributed by atoms with Crippen LogP contribution in [-0.4, -0.2) is 43.2 Å². The zero-order chi connectivity index (χ0) is 26.0. The predicted octanol–water partition coefficient (Wildman–Crippen LogP) is 6.17. The van der Waals surface area contributed by atoms with Gasteiger partial charge in [0.2, 0.25) is 15.9 Å². The smallest absolute Gasteiger partial charge is 0.244 e. The topological polar surface area (TPSA) is 57.7 Å². The summed E-state index contributed by atoms with van der Waals surface area (Å²) < 4.78 is 29.4. The van der Waals surface area contributed by atoms with E-state index in [2.05, 4.69) is 30.5 Å². The van der Waals surface area contributed by atoms with Crippen LogP contribution in [0.15, 0.2) is 83.1 Å². The van der Waals surface area contributed by atoms with Gasteiger partial charge in [-0.3, -0.25) is 4.79 Å². The number of nitrogens with zero attached hydrogens (tertiary/aromatic N) is 2. The minimum Gasteiger partial charge on any atom is -0.330 e. The molecule has 1 unspecified atom stereocenters. The molecule has 1 aliphatic rings. The maximum Gasteiger partial charge on any atom is 0.244 e. The molecule has 0 saturated heterocycles. The number of sulfonamides is 1. The van der Waals surface area contributed by atoms with Crippen molar-refractivity contribution in [1.82, 2.24) is 9.21 Å². The first-order valence-corrected chi connectivity index (χ1v) is 15.1. The van der Waals surface area contributed by atoms with Gasteiger partial charge in [-0.15, -0.1) is 11.3 Å². The first kappa shape index (κ1) is 25.6. The summed E-state index contributed by atoms with van der Waals surface area (Å²) >= 11 is 1.73. The predicted molar refractivity (Wildman–Crippen MR) is 150 cm³/mol. The maximum atomic E-state index is 14.0. The number of hydrogen-bond acceptors (Lipinski definition) is 4. The highest BCUT2D eigenvalue weighted by Crippen LogP contribution is 2.39. The van der Waals surface area contributed by atoms with Crippen molar-refractivity contribution >= 4 is 38.0 Å². The minimum absolute atomic E-state index is 0.162. The molecule has 5 nitrogen and oxygen atoms in total. The van der Waals surface area contributed by atoms with Crippen LogP contribution in [0.4, 0.5) is 0 Å². The van der Waals surface area contributed by atoms with Gasteiger partial charge in [0, 0.05) is 23.4 Å². The number of rotatable bonds is 8. The van der Waals surface area contributed by atoms with E-state index < -0.39 is 10.0 Å². The van der Waals surface area contributed by atoms with Crippen molar-refractivity contribution in [2.45, 2.75) is 44.0 Å². The van der Waals surface area contributed by atoms with E-state index in [0.29, 0.717) is 24.9 Å². The number of benzene rings is 3. The lowest BCUT2D eigenvalue weighted by Gasteiger charge is -2.38. The molecule has 0 spiro atoms. The van der Waals surface area contributed by atoms with Crippen LogP contribution in [0.25, 0.3) is 10.8 Å². The highest BCUT2D eigenvalue weighted by molar-refractivity contribution is 7.89. The van der Waals surface area contributed by atoms with Crippen LogP contribution in [0, 0.1) is 6.92 Å². The lowest BCUT2D eigenvalue weighted by Crippen LogP contribution is -2.47. The fourth-order valence-electron chi connectivity index (χ4n) is 5.23. The van der Waals surface area contributed by atoms with E-state index in [1.54, 1.807) is 23.5 Å². The standard InChI is InChI=1S/C30H32N2O3S2/c1-3-4-18-31(37(34,35)28-15-9-12-23-11-6-8-14-25(23)28)21-29(33)32-19-16-27-26(17-20-36-27)30(32)24-13-7-5-10-22(24)2/h5-15,17,20,30H,3-4,16,18-19,21H2,1-2H3. The molecule has 3 aromatic carbocycles. The van der Waals surface area contributed by atoms with Gasteiger partial charge in [0.15, 0.2) is 0 Å². The Kier molecular flexibility index (Phi) is 7.47. The Morgan fingerprint density at radius 2 is 1.76 bits per heavy atom. The molecule has 1 aromatic heterocycles. The number of fused-ring (bicyclic) bond motifs is 2. The SMILES string of the molecule is CCCCN(CC(=O)N1CCc2sccc2C1c1ccccc1C)S(=O)(=O)c1cccc2ccccc12. The van der Waals surface area contributed by atoms with Gasteiger partial charge in [-0.2, -0.15) is 4.31 Å². The van der Waals surface area contributed by atoms with Crippen LogP contribution in [-0.2, 0) is 21.2 Å². The van der Waals surface area contributed by atoms with Gasteiger partial charge >= 0.3 is 0 Å². The lowest BCUT2D eigenvalue weighted by molar-refractivity contribution is -0.133. The molecule has 5 rings (SSSR count). The summed E-state index contributed by atoms with van der Waals surface area (Å²) in [5.74, 6) is -0.162. The molecule has 0 bridgehead atoms. The molecule has 1 atom stereocenters. The summed E-state index contributed by atoms with van der Waals surface area (Å²) in [5.41, 5.74) is 3.36. The van der Waals surface area contributed by atoms with Gasteiger partial charge in [-0.25, -0.2) is 8.42 Å². The Hall–Kier alpha value is -3.00. The molecule has 0 fully saturated rings. The van der Waals surface area contributed by atoms with Crippen molar-refractivity contribution in [3.8, 4) is 0 Å². The molecule has 37 heavy (non-hydrogen) atoms. The first-order valence-electron chi connectivity index (χ1n) is 12.8. The van der Waals surface area contributed by atoms with E-state index in [9.17, 15) is 13.2 Å². The minimum atomic E-state index is -3.89. The first-order chi connectivity index (χ1) is 17.9. The normalized spacial score (nSPS) is 15.8. The molecule has 0 aliphatic carbocycles. The van der Waals surface area contributed by atoms with Gasteiger partial charge in [0.1, 0.15) is 0 Å². The van der Waals surface area contributed by atoms with Crippen LogP contribution < -0.4 is 0 Å². The number of aryl methyl sites for hydroxylation is 1. The molecule has 1 amide bonds. The van der Waals surface area contributed by atoms with Crippen LogP contribution in [0.1, 0.15) is 47.4 Å². The van der Waals surface area contributed by atoms with Crippen LogP contribution in [0.5, 0.6) is 0 Å². The van der Waals surface area contributed by atoms with Crippen LogP contribution >= 0.6 is 11.3 Å². The molecular weight excluding hydrogens is 500 g/mol. The van der Waals surface area contributed by atoms with Crippen molar-refractivity contribution in [2.24, 2.45) is 0 Å². The van der Waals surface area contributed by atoms with Gasteiger partial charge in [0.25, 0.3) is 0 Å². The zero-order valence-electron chi connectivity index (χ0n) is 21.3. The Morgan fingerprint density at radius 1 is 1.00 bits per heavy atom. The molecule has 4 aromatic rings. The fourth-order valence-corrected chi connectivity index (χ4v) is 7.78. The number of hydrogen-bond donors (Lipinski definition) is 0. The van der Waals surface area contributed by atoms with Crippen molar-refractivity contribution in [3.63, 3.8) is 0 Å². The number of thiophene rings is 1. The van der Waals surface area contributed by atoms with Gasteiger partial charge in [-0.1, -0.05) is 74.0 Å². The molecule has 192 valence electrons. The Balaban J connectivity index is 1.51.